The molecule has 1 aromatic heterocycles. The summed E-state index contributed by atoms with van der Waals surface area (Å²) in [5.74, 6) is -4.06. The van der Waals surface area contributed by atoms with Gasteiger partial charge >= 0.3 is 24.3 Å². The van der Waals surface area contributed by atoms with E-state index in [4.69, 9.17) is 29.3 Å². The predicted octanol–water partition coefficient (Wildman–Crippen LogP) is 3.06. The van der Waals surface area contributed by atoms with Gasteiger partial charge in [0.25, 0.3) is 0 Å². The molecule has 0 radical (unpaired) electrons. The van der Waals surface area contributed by atoms with Crippen LogP contribution in [-0.2, 0) is 25.6 Å². The first kappa shape index (κ1) is 29.8. The van der Waals surface area contributed by atoms with Crippen LogP contribution in [0.25, 0.3) is 0 Å². The monoisotopic (exact) mass is 533 g/mol. The van der Waals surface area contributed by atoms with E-state index in [9.17, 15) is 26.3 Å². The number of nitrogens with zero attached hydrogens (tertiary/aromatic N) is 3. The summed E-state index contributed by atoms with van der Waals surface area (Å²) in [6.07, 6.45) is 1.12. The predicted molar refractivity (Wildman–Crippen MR) is 111 cm³/mol. The Balaban J connectivity index is 0.000000271. The number of ether oxygens (including phenoxy) is 2. The molecule has 3 unspecified atom stereocenters. The van der Waals surface area contributed by atoms with E-state index in [0.717, 1.165) is 38.8 Å². The number of alkyl halides is 6. The first-order valence-corrected chi connectivity index (χ1v) is 11.3. The Kier molecular flexibility index (Phi) is 11.0. The number of hydrogen-bond donors (Lipinski definition) is 2. The highest BCUT2D eigenvalue weighted by Crippen LogP contribution is 2.36. The van der Waals surface area contributed by atoms with E-state index < -0.39 is 24.3 Å². The van der Waals surface area contributed by atoms with Gasteiger partial charge in [-0.25, -0.2) is 14.6 Å². The highest BCUT2D eigenvalue weighted by Gasteiger charge is 2.43. The van der Waals surface area contributed by atoms with Crippen molar-refractivity contribution in [2.45, 2.75) is 56.7 Å². The molecule has 2 aliphatic heterocycles. The number of carboxylic acids is 2. The molecule has 206 valence electrons. The summed E-state index contributed by atoms with van der Waals surface area (Å²) < 4.78 is 77.4. The van der Waals surface area contributed by atoms with E-state index in [0.29, 0.717) is 18.1 Å². The molecular formula is C21H29F6N3O6. The third kappa shape index (κ3) is 9.58. The summed E-state index contributed by atoms with van der Waals surface area (Å²) >= 11 is 0. The molecule has 3 atom stereocenters. The van der Waals surface area contributed by atoms with Crippen LogP contribution in [0.2, 0.25) is 0 Å². The minimum Gasteiger partial charge on any atom is -0.475 e. The summed E-state index contributed by atoms with van der Waals surface area (Å²) in [4.78, 5) is 24.7. The van der Waals surface area contributed by atoms with E-state index >= 15 is 0 Å². The van der Waals surface area contributed by atoms with Gasteiger partial charge in [0.15, 0.2) is 0 Å². The molecule has 2 N–H and O–H groups in total. The van der Waals surface area contributed by atoms with Crippen molar-refractivity contribution >= 4 is 11.9 Å². The van der Waals surface area contributed by atoms with Crippen LogP contribution in [0, 0.1) is 11.8 Å². The van der Waals surface area contributed by atoms with E-state index in [1.54, 1.807) is 0 Å². The van der Waals surface area contributed by atoms with Gasteiger partial charge in [-0.1, -0.05) is 0 Å². The van der Waals surface area contributed by atoms with Gasteiger partial charge in [0.2, 0.25) is 0 Å². The third-order valence-electron chi connectivity index (χ3n) is 6.16. The summed E-state index contributed by atoms with van der Waals surface area (Å²) in [7, 11) is 0. The van der Waals surface area contributed by atoms with Crippen LogP contribution in [0.1, 0.15) is 25.7 Å². The van der Waals surface area contributed by atoms with Gasteiger partial charge < -0.3 is 24.3 Å². The summed E-state index contributed by atoms with van der Waals surface area (Å²) in [5, 5.41) is 14.2. The molecule has 36 heavy (non-hydrogen) atoms. The zero-order chi connectivity index (χ0) is 26.9. The minimum absolute atomic E-state index is 0.413. The number of aromatic nitrogens is 2. The number of fused-ring (bicyclic) bond motifs is 1. The van der Waals surface area contributed by atoms with Gasteiger partial charge in [0.05, 0.1) is 19.0 Å². The van der Waals surface area contributed by atoms with Crippen molar-refractivity contribution in [3.63, 3.8) is 0 Å². The number of aliphatic carboxylic acids is 2. The number of carboxylic acid groups (broad SMARTS) is 2. The van der Waals surface area contributed by atoms with Gasteiger partial charge in [-0.2, -0.15) is 26.3 Å². The zero-order valence-corrected chi connectivity index (χ0v) is 19.2. The van der Waals surface area contributed by atoms with Crippen molar-refractivity contribution in [2.24, 2.45) is 11.8 Å². The Labute approximate surface area is 203 Å². The molecular weight excluding hydrogens is 504 g/mol. The average Bonchev–Trinajstić information content (AvgIpc) is 3.45. The zero-order valence-electron chi connectivity index (χ0n) is 19.2. The second-order valence-corrected chi connectivity index (χ2v) is 8.66. The summed E-state index contributed by atoms with van der Waals surface area (Å²) in [6.45, 7) is 6.19. The number of imidazole rings is 1. The second-order valence-electron chi connectivity index (χ2n) is 8.66. The summed E-state index contributed by atoms with van der Waals surface area (Å²) in [6, 6.07) is 0.630. The van der Waals surface area contributed by atoms with Crippen LogP contribution in [0.4, 0.5) is 26.3 Å². The Morgan fingerprint density at radius 3 is 2.00 bits per heavy atom. The van der Waals surface area contributed by atoms with Crippen LogP contribution in [0.15, 0.2) is 18.7 Å². The lowest BCUT2D eigenvalue weighted by atomic mass is 9.97. The van der Waals surface area contributed by atoms with Gasteiger partial charge in [0, 0.05) is 57.2 Å². The number of halogens is 6. The third-order valence-corrected chi connectivity index (χ3v) is 6.16. The first-order valence-electron chi connectivity index (χ1n) is 11.3. The molecule has 9 nitrogen and oxygen atoms in total. The van der Waals surface area contributed by atoms with Crippen molar-refractivity contribution in [1.29, 1.82) is 0 Å². The number of morpholine rings is 1. The molecule has 0 spiro atoms. The topological polar surface area (TPSA) is 114 Å². The molecule has 1 aromatic rings. The Morgan fingerprint density at radius 2 is 1.50 bits per heavy atom. The van der Waals surface area contributed by atoms with Gasteiger partial charge in [-0.05, 0) is 31.6 Å². The molecule has 0 amide bonds. The quantitative estimate of drug-likeness (QED) is 0.568. The second kappa shape index (κ2) is 13.2. The molecule has 4 rings (SSSR count). The lowest BCUT2D eigenvalue weighted by Crippen LogP contribution is -2.52. The van der Waals surface area contributed by atoms with E-state index in [1.807, 2.05) is 12.5 Å². The van der Waals surface area contributed by atoms with E-state index in [1.165, 1.54) is 32.2 Å². The Bertz CT molecular complexity index is 790. The SMILES string of the molecule is O=C(O)C(F)(F)F.O=C(O)C(F)(F)F.c1cn(CC2CCC3C2OCCN3CC2CCOCC2)cn1. The smallest absolute Gasteiger partial charge is 0.475 e. The van der Waals surface area contributed by atoms with E-state index in [-0.39, 0.29) is 0 Å². The van der Waals surface area contributed by atoms with Crippen molar-refractivity contribution < 1.29 is 55.6 Å². The molecule has 3 heterocycles. The van der Waals surface area contributed by atoms with Crippen molar-refractivity contribution in [3.8, 4) is 0 Å². The van der Waals surface area contributed by atoms with Crippen molar-refractivity contribution in [2.75, 3.05) is 32.9 Å². The maximum absolute atomic E-state index is 10.6. The lowest BCUT2D eigenvalue weighted by molar-refractivity contribution is -0.193. The van der Waals surface area contributed by atoms with Crippen molar-refractivity contribution in [3.05, 3.63) is 18.7 Å². The molecule has 3 aliphatic rings. The lowest BCUT2D eigenvalue weighted by Gasteiger charge is -2.41. The van der Waals surface area contributed by atoms with Crippen LogP contribution in [-0.4, -0.2) is 94.0 Å². The molecule has 0 aromatic carbocycles. The van der Waals surface area contributed by atoms with E-state index in [2.05, 4.69) is 20.6 Å². The first-order chi connectivity index (χ1) is 16.8. The number of hydrogen-bond acceptors (Lipinski definition) is 6. The van der Waals surface area contributed by atoms with Gasteiger partial charge in [-0.3, -0.25) is 4.90 Å². The normalized spacial score (nSPS) is 25.1. The molecule has 1 aliphatic carbocycles. The highest BCUT2D eigenvalue weighted by molar-refractivity contribution is 5.73. The minimum atomic E-state index is -5.08. The average molecular weight is 533 g/mol. The van der Waals surface area contributed by atoms with Gasteiger partial charge in [-0.15, -0.1) is 0 Å². The number of rotatable bonds is 4. The molecule has 0 bridgehead atoms. The maximum atomic E-state index is 10.6. The van der Waals surface area contributed by atoms with Crippen LogP contribution in [0.3, 0.4) is 0 Å². The van der Waals surface area contributed by atoms with Gasteiger partial charge in [0.1, 0.15) is 0 Å². The fraction of sp³-hybridized carbons (Fsp3) is 0.762. The maximum Gasteiger partial charge on any atom is 0.490 e. The summed E-state index contributed by atoms with van der Waals surface area (Å²) in [5.41, 5.74) is 0. The molecule has 1 saturated carbocycles. The Morgan fingerprint density at radius 1 is 0.917 bits per heavy atom. The molecule has 15 heteroatoms. The van der Waals surface area contributed by atoms with Crippen LogP contribution >= 0.6 is 0 Å². The Hall–Kier alpha value is -2.39. The largest absolute Gasteiger partial charge is 0.490 e. The van der Waals surface area contributed by atoms with Crippen molar-refractivity contribution in [1.82, 2.24) is 14.5 Å². The standard InChI is InChI=1S/C17H27N3O2.2C2HF3O2/c1-2-16-17(15(1)12-19-6-5-18-13-19)22-10-7-20(16)11-14-3-8-21-9-4-14;2*3-2(4,5)1(6)7/h5-6,13-17H,1-4,7-12H2;2*(H,6,7). The fourth-order valence-electron chi connectivity index (χ4n) is 4.48. The number of carbonyl (C=O) groups is 2. The van der Waals surface area contributed by atoms with Crippen LogP contribution in [0.5, 0.6) is 0 Å². The highest BCUT2D eigenvalue weighted by atomic mass is 19.4. The fourth-order valence-corrected chi connectivity index (χ4v) is 4.48. The molecule has 3 fully saturated rings. The molecule has 2 saturated heterocycles. The van der Waals surface area contributed by atoms with Crippen LogP contribution < -0.4 is 0 Å².